The number of carboxylic acids is 1. The molecule has 0 aliphatic rings. The van der Waals surface area contributed by atoms with Crippen LogP contribution in [0.4, 0.5) is 14.7 Å². The number of hydrogen-bond acceptors (Lipinski definition) is 7. The fourth-order valence-electron chi connectivity index (χ4n) is 4.76. The second-order valence-corrected chi connectivity index (χ2v) is 11.5. The van der Waals surface area contributed by atoms with E-state index in [1.807, 2.05) is 0 Å². The highest BCUT2D eigenvalue weighted by molar-refractivity contribution is 7.89. The Morgan fingerprint density at radius 2 is 1.79 bits per heavy atom. The molecule has 0 bridgehead atoms. The van der Waals surface area contributed by atoms with E-state index in [9.17, 15) is 32.3 Å². The van der Waals surface area contributed by atoms with Gasteiger partial charge in [0.05, 0.1) is 15.8 Å². The van der Waals surface area contributed by atoms with Crippen LogP contribution in [0.15, 0.2) is 46.5 Å². The maximum absolute atomic E-state index is 15.2. The van der Waals surface area contributed by atoms with Gasteiger partial charge in [0.2, 0.25) is 15.5 Å². The lowest BCUT2D eigenvalue weighted by atomic mass is 10.1. The zero-order valence-corrected chi connectivity index (χ0v) is 23.8. The number of imidazole rings is 1. The predicted octanol–water partition coefficient (Wildman–Crippen LogP) is 2.57. The van der Waals surface area contributed by atoms with Crippen molar-refractivity contribution in [1.29, 1.82) is 0 Å². The maximum atomic E-state index is 15.2. The van der Waals surface area contributed by atoms with Gasteiger partial charge in [-0.2, -0.15) is 4.72 Å². The van der Waals surface area contributed by atoms with Crippen molar-refractivity contribution in [3.63, 3.8) is 0 Å². The number of aromatic nitrogens is 3. The Kier molecular flexibility index (Phi) is 8.45. The van der Waals surface area contributed by atoms with E-state index in [0.29, 0.717) is 11.1 Å². The van der Waals surface area contributed by atoms with E-state index < -0.39 is 62.5 Å². The van der Waals surface area contributed by atoms with Gasteiger partial charge in [0, 0.05) is 44.3 Å². The summed E-state index contributed by atoms with van der Waals surface area (Å²) in [5.74, 6) is -4.36. The summed E-state index contributed by atoms with van der Waals surface area (Å²) in [6.45, 7) is 4.00. The molecule has 0 aliphatic heterocycles. The summed E-state index contributed by atoms with van der Waals surface area (Å²) >= 11 is 0. The number of aliphatic carboxylic acids is 1. The first-order chi connectivity index (χ1) is 19.7. The number of carboxylic acid groups (broad SMARTS) is 1. The first-order valence-electron chi connectivity index (χ1n) is 12.5. The van der Waals surface area contributed by atoms with Crippen molar-refractivity contribution in [2.45, 2.75) is 38.3 Å². The van der Waals surface area contributed by atoms with E-state index in [1.165, 1.54) is 19.4 Å². The molecule has 0 spiro atoms. The van der Waals surface area contributed by atoms with Crippen molar-refractivity contribution in [3.05, 3.63) is 86.5 Å². The Balaban J connectivity index is 1.59. The molecule has 12 nitrogen and oxygen atoms in total. The number of amides is 1. The molecule has 15 heteroatoms. The molecule has 2 heterocycles. The lowest BCUT2D eigenvalue weighted by Crippen LogP contribution is -2.49. The lowest BCUT2D eigenvalue weighted by Gasteiger charge is -2.23. The van der Waals surface area contributed by atoms with Crippen LogP contribution >= 0.6 is 0 Å². The van der Waals surface area contributed by atoms with Gasteiger partial charge < -0.3 is 25.3 Å². The summed E-state index contributed by atoms with van der Waals surface area (Å²) in [5, 5.41) is 12.0. The number of fused-ring (bicyclic) bond motifs is 1. The van der Waals surface area contributed by atoms with Crippen LogP contribution in [0.2, 0.25) is 0 Å². The van der Waals surface area contributed by atoms with E-state index >= 15 is 4.39 Å². The highest BCUT2D eigenvalue weighted by Gasteiger charge is 2.31. The molecule has 222 valence electrons. The van der Waals surface area contributed by atoms with E-state index in [-0.39, 0.29) is 28.5 Å². The standard InChI is InChI=1S/C27H28F2N6O6S/c1-13-7-14(2)24(15(3)8-13)42(40,41)34-20(26(38)39)12-35(4)25(37)18-11-32-22-16(23(18)36)9-19(28)17(21(22)29)10-33-27-30-5-6-31-27/h5-9,11,20,34H,10,12H2,1-4H3,(H,32,36)(H,38,39)(H2,30,31,33). The summed E-state index contributed by atoms with van der Waals surface area (Å²) in [6.07, 6.45) is 3.90. The Labute approximate surface area is 238 Å². The highest BCUT2D eigenvalue weighted by Crippen LogP contribution is 2.23. The van der Waals surface area contributed by atoms with Crippen molar-refractivity contribution in [2.24, 2.45) is 0 Å². The van der Waals surface area contributed by atoms with Crippen LogP contribution in [0.25, 0.3) is 10.9 Å². The number of hydrogen-bond donors (Lipinski definition) is 5. The minimum Gasteiger partial charge on any atom is -0.480 e. The van der Waals surface area contributed by atoms with Gasteiger partial charge in [0.15, 0.2) is 11.8 Å². The number of carbonyl (C=O) groups is 2. The number of H-pyrrole nitrogens is 2. The molecule has 2 aromatic heterocycles. The van der Waals surface area contributed by atoms with Gasteiger partial charge in [0.25, 0.3) is 5.91 Å². The fraction of sp³-hybridized carbons (Fsp3) is 0.259. The number of likely N-dealkylation sites (N-methyl/N-ethyl adjacent to an activating group) is 1. The van der Waals surface area contributed by atoms with Crippen LogP contribution in [-0.2, 0) is 21.4 Å². The highest BCUT2D eigenvalue weighted by atomic mass is 32.2. The summed E-state index contributed by atoms with van der Waals surface area (Å²) in [5.41, 5.74) is -0.583. The quantitative estimate of drug-likeness (QED) is 0.184. The van der Waals surface area contributed by atoms with E-state index in [0.717, 1.165) is 22.7 Å². The average Bonchev–Trinajstić information content (AvgIpc) is 3.41. The first-order valence-corrected chi connectivity index (χ1v) is 14.0. The van der Waals surface area contributed by atoms with Crippen LogP contribution < -0.4 is 15.5 Å². The molecule has 5 N–H and O–H groups in total. The average molecular weight is 603 g/mol. The van der Waals surface area contributed by atoms with Crippen LogP contribution in [0, 0.1) is 32.4 Å². The molecule has 1 unspecified atom stereocenters. The monoisotopic (exact) mass is 602 g/mol. The molecule has 0 saturated heterocycles. The van der Waals surface area contributed by atoms with Crippen LogP contribution in [0.5, 0.6) is 0 Å². The molecule has 0 radical (unpaired) electrons. The van der Waals surface area contributed by atoms with Crippen molar-refractivity contribution >= 4 is 38.8 Å². The minimum absolute atomic E-state index is 0.0814. The van der Waals surface area contributed by atoms with E-state index in [4.69, 9.17) is 0 Å². The molecule has 1 atom stereocenters. The summed E-state index contributed by atoms with van der Waals surface area (Å²) in [7, 11) is -3.15. The van der Waals surface area contributed by atoms with Crippen molar-refractivity contribution in [3.8, 4) is 0 Å². The number of pyridine rings is 1. The minimum atomic E-state index is -4.32. The van der Waals surface area contributed by atoms with Gasteiger partial charge >= 0.3 is 5.97 Å². The number of sulfonamides is 1. The number of nitrogens with zero attached hydrogens (tertiary/aromatic N) is 2. The second kappa shape index (κ2) is 11.7. The van der Waals surface area contributed by atoms with E-state index in [1.54, 1.807) is 32.9 Å². The molecule has 0 fully saturated rings. The van der Waals surface area contributed by atoms with Gasteiger partial charge in [-0.3, -0.25) is 14.4 Å². The Hall–Kier alpha value is -4.63. The van der Waals surface area contributed by atoms with Gasteiger partial charge in [-0.05, 0) is 38.0 Å². The van der Waals surface area contributed by atoms with Gasteiger partial charge in [0.1, 0.15) is 17.4 Å². The van der Waals surface area contributed by atoms with Gasteiger partial charge in [-0.15, -0.1) is 0 Å². The predicted molar refractivity (Wildman–Crippen MR) is 150 cm³/mol. The van der Waals surface area contributed by atoms with Gasteiger partial charge in [-0.25, -0.2) is 22.2 Å². The normalized spacial score (nSPS) is 12.3. The van der Waals surface area contributed by atoms with Crippen LogP contribution in [0.1, 0.15) is 32.6 Å². The maximum Gasteiger partial charge on any atom is 0.323 e. The Morgan fingerprint density at radius 3 is 2.38 bits per heavy atom. The third-order valence-corrected chi connectivity index (χ3v) is 8.37. The lowest BCUT2D eigenvalue weighted by molar-refractivity contribution is -0.139. The number of rotatable bonds is 10. The molecule has 2 aromatic carbocycles. The topological polar surface area (TPSA) is 177 Å². The van der Waals surface area contributed by atoms with Crippen molar-refractivity contribution in [2.75, 3.05) is 18.9 Å². The molecule has 42 heavy (non-hydrogen) atoms. The number of benzene rings is 2. The van der Waals surface area contributed by atoms with Crippen LogP contribution in [-0.4, -0.2) is 64.9 Å². The molecule has 0 aliphatic carbocycles. The number of aryl methyl sites for hydroxylation is 3. The SMILES string of the molecule is Cc1cc(C)c(S(=O)(=O)NC(CN(C)C(=O)c2c[nH]c3c(F)c(CNc4ncc[nH]4)c(F)cc3c2=O)C(=O)O)c(C)c1. The zero-order valence-electron chi connectivity index (χ0n) is 23.0. The number of halogens is 2. The summed E-state index contributed by atoms with van der Waals surface area (Å²) in [4.78, 5) is 48.1. The second-order valence-electron chi connectivity index (χ2n) is 9.82. The van der Waals surface area contributed by atoms with E-state index in [2.05, 4.69) is 25.0 Å². The molecule has 4 aromatic rings. The number of carbonyl (C=O) groups excluding carboxylic acids is 1. The van der Waals surface area contributed by atoms with Crippen LogP contribution in [0.3, 0.4) is 0 Å². The summed E-state index contributed by atoms with van der Waals surface area (Å²) in [6, 6.07) is 2.31. The largest absolute Gasteiger partial charge is 0.480 e. The molecular formula is C27H28F2N6O6S. The van der Waals surface area contributed by atoms with Gasteiger partial charge in [-0.1, -0.05) is 17.7 Å². The zero-order chi connectivity index (χ0) is 30.9. The fourth-order valence-corrected chi connectivity index (χ4v) is 6.39. The Morgan fingerprint density at radius 1 is 1.12 bits per heavy atom. The first kappa shape index (κ1) is 30.3. The number of nitrogens with one attached hydrogen (secondary N) is 4. The number of anilines is 1. The Bertz CT molecular complexity index is 1830. The molecule has 1 amide bonds. The third-order valence-electron chi connectivity index (χ3n) is 6.60. The summed E-state index contributed by atoms with van der Waals surface area (Å²) < 4.78 is 58.3. The smallest absolute Gasteiger partial charge is 0.323 e. The van der Waals surface area contributed by atoms with Crippen molar-refractivity contribution in [1.82, 2.24) is 24.6 Å². The molecule has 0 saturated carbocycles. The molecular weight excluding hydrogens is 574 g/mol. The third kappa shape index (κ3) is 6.01. The molecule has 4 rings (SSSR count). The van der Waals surface area contributed by atoms with Crippen molar-refractivity contribution < 1.29 is 31.9 Å². The number of aromatic amines is 2.